The van der Waals surface area contributed by atoms with Gasteiger partial charge in [0.05, 0.1) is 0 Å². The molecule has 0 spiro atoms. The van der Waals surface area contributed by atoms with E-state index in [-0.39, 0.29) is 10.0 Å². The molecule has 0 aliphatic rings. The molecule has 1 aromatic rings. The second kappa shape index (κ2) is 6.53. The molecule has 0 fully saturated rings. The summed E-state index contributed by atoms with van der Waals surface area (Å²) in [4.78, 5) is 22.1. The van der Waals surface area contributed by atoms with Crippen LogP contribution in [0.2, 0.25) is 0 Å². The van der Waals surface area contributed by atoms with Crippen molar-refractivity contribution in [3.05, 3.63) is 24.3 Å². The molecule has 0 aliphatic heterocycles. The van der Waals surface area contributed by atoms with Crippen molar-refractivity contribution in [2.24, 2.45) is 5.73 Å². The second-order valence-corrected chi connectivity index (χ2v) is 7.27. The monoisotopic (exact) mass is 332 g/mol. The van der Waals surface area contributed by atoms with Gasteiger partial charge in [-0.3, -0.25) is 0 Å². The molecule has 4 N–H and O–H groups in total. The molecule has 9 heteroatoms. The Labute approximate surface area is 111 Å². The van der Waals surface area contributed by atoms with E-state index in [1.165, 1.54) is 25.1 Å². The van der Waals surface area contributed by atoms with Crippen molar-refractivity contribution in [3.63, 3.8) is 0 Å². The van der Waals surface area contributed by atoms with Crippen molar-refractivity contribution in [1.82, 2.24) is 0 Å². The number of nitrogens with one attached hydrogen (secondary N) is 1. The van der Waals surface area contributed by atoms with Crippen molar-refractivity contribution in [3.8, 4) is 0 Å². The molecule has 1 aromatic carbocycles. The Morgan fingerprint density at radius 1 is 1.42 bits per heavy atom. The summed E-state index contributed by atoms with van der Waals surface area (Å²) < 4.78 is 20.7. The van der Waals surface area contributed by atoms with Crippen molar-refractivity contribution in [1.29, 1.82) is 0 Å². The molecule has 19 heavy (non-hydrogen) atoms. The Bertz CT molecular complexity index is 533. The number of rotatable bonds is 5. The standard InChI is InChI=1S/C10H13AsN2O6/c1-7(14)13-9-5-3-2-4-8(9)11(16,19-17)18-10(15)6-12/h2-5,17H,6,12H2,1H3,(H,13,14). The van der Waals surface area contributed by atoms with Crippen LogP contribution in [-0.4, -0.2) is 37.9 Å². The zero-order valence-corrected chi connectivity index (χ0v) is 11.9. The Kier molecular flexibility index (Phi) is 5.31. The summed E-state index contributed by atoms with van der Waals surface area (Å²) >= 11 is -5.02. The van der Waals surface area contributed by atoms with E-state index < -0.39 is 32.6 Å². The maximum atomic E-state index is 12.3. The molecule has 0 saturated heterocycles. The van der Waals surface area contributed by atoms with Gasteiger partial charge in [0.2, 0.25) is 0 Å². The van der Waals surface area contributed by atoms with Crippen LogP contribution in [0.4, 0.5) is 5.69 Å². The third-order valence-electron chi connectivity index (χ3n) is 2.01. The van der Waals surface area contributed by atoms with Crippen molar-refractivity contribution in [2.75, 3.05) is 11.9 Å². The fourth-order valence-electron chi connectivity index (χ4n) is 1.29. The van der Waals surface area contributed by atoms with Crippen LogP contribution >= 0.6 is 0 Å². The third kappa shape index (κ3) is 3.93. The van der Waals surface area contributed by atoms with Crippen LogP contribution in [-0.2, 0) is 20.9 Å². The molecule has 104 valence electrons. The Balaban J connectivity index is 3.20. The van der Waals surface area contributed by atoms with Crippen LogP contribution in [0.1, 0.15) is 6.92 Å². The summed E-state index contributed by atoms with van der Waals surface area (Å²) in [6.45, 7) is 0.733. The molecular formula is C10H13AsN2O6. The molecule has 1 amide bonds. The molecule has 0 aromatic heterocycles. The van der Waals surface area contributed by atoms with E-state index in [1.54, 1.807) is 6.07 Å². The first-order valence-electron chi connectivity index (χ1n) is 5.16. The van der Waals surface area contributed by atoms with Gasteiger partial charge in [-0.15, -0.1) is 0 Å². The van der Waals surface area contributed by atoms with Gasteiger partial charge in [0.25, 0.3) is 0 Å². The number of hydrogen-bond acceptors (Lipinski definition) is 7. The summed E-state index contributed by atoms with van der Waals surface area (Å²) in [5.74, 6) is -1.41. The fraction of sp³-hybridized carbons (Fsp3) is 0.200. The minimum atomic E-state index is -5.02. The summed E-state index contributed by atoms with van der Waals surface area (Å²) in [6.07, 6.45) is 0. The van der Waals surface area contributed by atoms with Gasteiger partial charge in [0, 0.05) is 0 Å². The van der Waals surface area contributed by atoms with Gasteiger partial charge in [-0.1, -0.05) is 0 Å². The summed E-state index contributed by atoms with van der Waals surface area (Å²) in [7, 11) is 0. The first kappa shape index (κ1) is 15.5. The van der Waals surface area contributed by atoms with Gasteiger partial charge < -0.3 is 0 Å². The van der Waals surface area contributed by atoms with E-state index in [9.17, 15) is 13.3 Å². The Morgan fingerprint density at radius 2 is 2.05 bits per heavy atom. The molecule has 0 bridgehead atoms. The van der Waals surface area contributed by atoms with E-state index in [2.05, 4.69) is 12.9 Å². The predicted molar refractivity (Wildman–Crippen MR) is 65.7 cm³/mol. The Hall–Kier alpha value is -1.60. The summed E-state index contributed by atoms with van der Waals surface area (Å²) in [5.41, 5.74) is 5.16. The average Bonchev–Trinajstić information content (AvgIpc) is 2.38. The molecule has 8 nitrogen and oxygen atoms in total. The SMILES string of the molecule is CC(=O)Nc1ccccc1[As](=O)(OO)OC(=O)CN. The number of anilines is 1. The van der Waals surface area contributed by atoms with E-state index in [0.717, 1.165) is 0 Å². The maximum absolute atomic E-state index is 12.3. The van der Waals surface area contributed by atoms with Crippen molar-refractivity contribution >= 4 is 36.1 Å². The van der Waals surface area contributed by atoms with Gasteiger partial charge in [0.1, 0.15) is 0 Å². The molecule has 0 heterocycles. The number of benzene rings is 1. The first-order valence-corrected chi connectivity index (χ1v) is 8.39. The molecule has 1 unspecified atom stereocenters. The van der Waals surface area contributed by atoms with Crippen molar-refractivity contribution in [2.45, 2.75) is 6.92 Å². The summed E-state index contributed by atoms with van der Waals surface area (Å²) in [6, 6.07) is 5.80. The average molecular weight is 332 g/mol. The van der Waals surface area contributed by atoms with Gasteiger partial charge in [-0.05, 0) is 0 Å². The second-order valence-electron chi connectivity index (χ2n) is 3.44. The third-order valence-corrected chi connectivity index (χ3v) is 5.44. The number of carbonyl (C=O) groups excluding carboxylic acids is 2. The fourth-order valence-corrected chi connectivity index (χ4v) is 3.92. The van der Waals surface area contributed by atoms with Gasteiger partial charge in [0.15, 0.2) is 0 Å². The molecule has 1 atom stereocenters. The van der Waals surface area contributed by atoms with Crippen LogP contribution < -0.4 is 15.4 Å². The van der Waals surface area contributed by atoms with Crippen LogP contribution in [0, 0.1) is 0 Å². The van der Waals surface area contributed by atoms with Crippen LogP contribution in [0.5, 0.6) is 0 Å². The number of carbonyl (C=O) groups is 2. The van der Waals surface area contributed by atoms with E-state index in [4.69, 9.17) is 11.0 Å². The zero-order chi connectivity index (χ0) is 14.5. The van der Waals surface area contributed by atoms with E-state index in [1.807, 2.05) is 0 Å². The molecule has 0 radical (unpaired) electrons. The normalized spacial score (nSPS) is 13.4. The number of nitrogens with two attached hydrogens (primary N) is 1. The summed E-state index contributed by atoms with van der Waals surface area (Å²) in [5, 5.41) is 11.2. The number of para-hydroxylation sites is 1. The van der Waals surface area contributed by atoms with E-state index in [0.29, 0.717) is 0 Å². The van der Waals surface area contributed by atoms with Gasteiger partial charge in [-0.2, -0.15) is 0 Å². The molecule has 0 saturated carbocycles. The number of hydrogen-bond donors (Lipinski definition) is 3. The van der Waals surface area contributed by atoms with E-state index >= 15 is 0 Å². The molecule has 0 aliphatic carbocycles. The van der Waals surface area contributed by atoms with Crippen LogP contribution in [0.15, 0.2) is 24.3 Å². The van der Waals surface area contributed by atoms with Gasteiger partial charge >= 0.3 is 111 Å². The van der Waals surface area contributed by atoms with Crippen LogP contribution in [0.25, 0.3) is 0 Å². The first-order chi connectivity index (χ1) is 8.92. The zero-order valence-electron chi connectivity index (χ0n) is 10.0. The molecular weight excluding hydrogens is 319 g/mol. The quantitative estimate of drug-likeness (QED) is 0.366. The van der Waals surface area contributed by atoms with Gasteiger partial charge in [-0.25, -0.2) is 0 Å². The Morgan fingerprint density at radius 3 is 2.58 bits per heavy atom. The number of amides is 1. The molecule has 1 rings (SSSR count). The topological polar surface area (TPSA) is 128 Å². The van der Waals surface area contributed by atoms with Crippen molar-refractivity contribution < 1.29 is 26.2 Å². The predicted octanol–water partition coefficient (Wildman–Crippen LogP) is -0.787. The minimum absolute atomic E-state index is 0.0971. The van der Waals surface area contributed by atoms with Crippen LogP contribution in [0.3, 0.4) is 0 Å².